The summed E-state index contributed by atoms with van der Waals surface area (Å²) in [5, 5.41) is 3.58. The van der Waals surface area contributed by atoms with Crippen molar-refractivity contribution in [3.8, 4) is 16.9 Å². The number of carbonyl (C=O) groups excluding carboxylic acids is 1. The van der Waals surface area contributed by atoms with Crippen LogP contribution in [0.15, 0.2) is 84.0 Å². The minimum Gasteiger partial charge on any atom is -0.484 e. The molecular formula is C22H17F3N2O2. The highest BCUT2D eigenvalue weighted by Gasteiger charge is 2.32. The summed E-state index contributed by atoms with van der Waals surface area (Å²) in [5.74, 6) is -0.0934. The Morgan fingerprint density at radius 1 is 0.897 bits per heavy atom. The maximum absolute atomic E-state index is 12.9. The first-order valence-corrected chi connectivity index (χ1v) is 8.70. The molecule has 0 aliphatic carbocycles. The largest absolute Gasteiger partial charge is 0.484 e. The van der Waals surface area contributed by atoms with Gasteiger partial charge in [-0.25, -0.2) is 5.43 Å². The van der Waals surface area contributed by atoms with Crippen LogP contribution in [0.5, 0.6) is 5.75 Å². The summed E-state index contributed by atoms with van der Waals surface area (Å²) in [6, 6.07) is 22.0. The monoisotopic (exact) mass is 398 g/mol. The van der Waals surface area contributed by atoms with Gasteiger partial charge in [0.2, 0.25) is 0 Å². The smallest absolute Gasteiger partial charge is 0.417 e. The molecule has 7 heteroatoms. The number of hydrogen-bond donors (Lipinski definition) is 1. The molecule has 3 aromatic rings. The lowest BCUT2D eigenvalue weighted by molar-refractivity contribution is -0.137. The Morgan fingerprint density at radius 2 is 1.52 bits per heavy atom. The van der Waals surface area contributed by atoms with Crippen LogP contribution in [0.4, 0.5) is 13.2 Å². The SMILES string of the molecule is O=C(COc1ccc(-c2ccccc2)cc1)N/N=C/c1ccccc1C(F)(F)F. The van der Waals surface area contributed by atoms with E-state index in [1.54, 1.807) is 12.1 Å². The number of benzene rings is 3. The van der Waals surface area contributed by atoms with E-state index in [4.69, 9.17) is 4.74 Å². The molecule has 0 saturated carbocycles. The Kier molecular flexibility index (Phi) is 6.29. The molecule has 1 N–H and O–H groups in total. The van der Waals surface area contributed by atoms with Crippen molar-refractivity contribution in [2.75, 3.05) is 6.61 Å². The van der Waals surface area contributed by atoms with Gasteiger partial charge in [-0.1, -0.05) is 60.7 Å². The highest BCUT2D eigenvalue weighted by molar-refractivity contribution is 5.84. The first-order chi connectivity index (χ1) is 13.9. The minimum atomic E-state index is -4.50. The van der Waals surface area contributed by atoms with E-state index in [0.717, 1.165) is 23.4 Å². The summed E-state index contributed by atoms with van der Waals surface area (Å²) in [7, 11) is 0. The highest BCUT2D eigenvalue weighted by atomic mass is 19.4. The zero-order valence-electron chi connectivity index (χ0n) is 15.2. The van der Waals surface area contributed by atoms with E-state index in [9.17, 15) is 18.0 Å². The molecule has 0 heterocycles. The molecule has 148 valence electrons. The van der Waals surface area contributed by atoms with Crippen LogP contribution in [0.3, 0.4) is 0 Å². The quantitative estimate of drug-likeness (QED) is 0.474. The summed E-state index contributed by atoms with van der Waals surface area (Å²) in [5.41, 5.74) is 3.26. The molecule has 3 rings (SSSR count). The summed E-state index contributed by atoms with van der Waals surface area (Å²) in [6.45, 7) is -0.317. The Bertz CT molecular complexity index is 985. The van der Waals surface area contributed by atoms with Crippen molar-refractivity contribution in [1.82, 2.24) is 5.43 Å². The van der Waals surface area contributed by atoms with E-state index in [1.807, 2.05) is 42.5 Å². The van der Waals surface area contributed by atoms with E-state index < -0.39 is 17.6 Å². The van der Waals surface area contributed by atoms with Gasteiger partial charge in [0.05, 0.1) is 11.8 Å². The lowest BCUT2D eigenvalue weighted by Crippen LogP contribution is -2.24. The van der Waals surface area contributed by atoms with Crippen molar-refractivity contribution in [2.24, 2.45) is 5.10 Å². The van der Waals surface area contributed by atoms with Gasteiger partial charge < -0.3 is 4.74 Å². The average Bonchev–Trinajstić information content (AvgIpc) is 2.73. The van der Waals surface area contributed by atoms with Crippen LogP contribution in [0.25, 0.3) is 11.1 Å². The Morgan fingerprint density at radius 3 is 2.21 bits per heavy atom. The van der Waals surface area contributed by atoms with Gasteiger partial charge in [-0.15, -0.1) is 0 Å². The molecule has 4 nitrogen and oxygen atoms in total. The van der Waals surface area contributed by atoms with Crippen molar-refractivity contribution in [3.63, 3.8) is 0 Å². The molecule has 0 spiro atoms. The molecule has 1 amide bonds. The molecule has 0 aliphatic rings. The predicted octanol–water partition coefficient (Wildman–Crippen LogP) is 4.90. The average molecular weight is 398 g/mol. The van der Waals surface area contributed by atoms with Crippen molar-refractivity contribution >= 4 is 12.1 Å². The first-order valence-electron chi connectivity index (χ1n) is 8.70. The van der Waals surface area contributed by atoms with E-state index in [2.05, 4.69) is 10.5 Å². The van der Waals surface area contributed by atoms with Gasteiger partial charge in [0.1, 0.15) is 5.75 Å². The van der Waals surface area contributed by atoms with Crippen LogP contribution in [-0.2, 0) is 11.0 Å². The minimum absolute atomic E-state index is 0.141. The number of carbonyl (C=O) groups is 1. The molecule has 0 bridgehead atoms. The van der Waals surface area contributed by atoms with E-state index >= 15 is 0 Å². The molecule has 0 aliphatic heterocycles. The molecule has 0 fully saturated rings. The second kappa shape index (κ2) is 9.05. The predicted molar refractivity (Wildman–Crippen MR) is 105 cm³/mol. The number of nitrogens with zero attached hydrogens (tertiary/aromatic N) is 1. The maximum Gasteiger partial charge on any atom is 0.417 e. The van der Waals surface area contributed by atoms with Gasteiger partial charge >= 0.3 is 6.18 Å². The van der Waals surface area contributed by atoms with Crippen LogP contribution in [0.2, 0.25) is 0 Å². The molecule has 0 radical (unpaired) electrons. The van der Waals surface area contributed by atoms with Gasteiger partial charge in [0, 0.05) is 5.56 Å². The topological polar surface area (TPSA) is 50.7 Å². The molecular weight excluding hydrogens is 381 g/mol. The lowest BCUT2D eigenvalue weighted by Gasteiger charge is -2.09. The number of amides is 1. The van der Waals surface area contributed by atoms with Crippen LogP contribution in [0.1, 0.15) is 11.1 Å². The number of alkyl halides is 3. The zero-order chi connectivity index (χ0) is 20.7. The first kappa shape index (κ1) is 20.1. The number of rotatable bonds is 6. The van der Waals surface area contributed by atoms with Crippen LogP contribution >= 0.6 is 0 Å². The molecule has 0 atom stereocenters. The lowest BCUT2D eigenvalue weighted by atomic mass is 10.1. The second-order valence-electron chi connectivity index (χ2n) is 6.06. The Hall–Kier alpha value is -3.61. The second-order valence-corrected chi connectivity index (χ2v) is 6.06. The van der Waals surface area contributed by atoms with Crippen molar-refractivity contribution in [3.05, 3.63) is 90.0 Å². The number of nitrogens with one attached hydrogen (secondary N) is 1. The van der Waals surface area contributed by atoms with E-state index in [1.165, 1.54) is 18.2 Å². The molecule has 0 aromatic heterocycles. The maximum atomic E-state index is 12.9. The van der Waals surface area contributed by atoms with Crippen molar-refractivity contribution in [2.45, 2.75) is 6.18 Å². The third-order valence-corrected chi connectivity index (χ3v) is 3.99. The fourth-order valence-corrected chi connectivity index (χ4v) is 2.60. The normalized spacial score (nSPS) is 11.4. The number of halogens is 3. The Labute approximate surface area is 165 Å². The van der Waals surface area contributed by atoms with Gasteiger partial charge in [-0.2, -0.15) is 18.3 Å². The molecule has 0 unspecified atom stereocenters. The van der Waals surface area contributed by atoms with E-state index in [0.29, 0.717) is 5.75 Å². The summed E-state index contributed by atoms with van der Waals surface area (Å²) >= 11 is 0. The van der Waals surface area contributed by atoms with Crippen molar-refractivity contribution in [1.29, 1.82) is 0 Å². The summed E-state index contributed by atoms with van der Waals surface area (Å²) in [4.78, 5) is 11.8. The van der Waals surface area contributed by atoms with Crippen LogP contribution in [-0.4, -0.2) is 18.7 Å². The molecule has 0 saturated heterocycles. The van der Waals surface area contributed by atoms with Gasteiger partial charge in [0.25, 0.3) is 5.91 Å². The van der Waals surface area contributed by atoms with Gasteiger partial charge in [-0.3, -0.25) is 4.79 Å². The van der Waals surface area contributed by atoms with Gasteiger partial charge in [-0.05, 0) is 29.3 Å². The fraction of sp³-hybridized carbons (Fsp3) is 0.0909. The third kappa shape index (κ3) is 5.68. The van der Waals surface area contributed by atoms with Crippen LogP contribution < -0.4 is 10.2 Å². The third-order valence-electron chi connectivity index (χ3n) is 3.99. The van der Waals surface area contributed by atoms with Gasteiger partial charge in [0.15, 0.2) is 6.61 Å². The number of hydrazone groups is 1. The number of hydrogen-bond acceptors (Lipinski definition) is 3. The molecule has 29 heavy (non-hydrogen) atoms. The van der Waals surface area contributed by atoms with E-state index in [-0.39, 0.29) is 12.2 Å². The standard InChI is InChI=1S/C22H17F3N2O2/c23-22(24,25)20-9-5-4-8-18(20)14-26-27-21(28)15-29-19-12-10-17(11-13-19)16-6-2-1-3-7-16/h1-14H,15H2,(H,27,28)/b26-14+. The zero-order valence-corrected chi connectivity index (χ0v) is 15.2. The van der Waals surface area contributed by atoms with Crippen LogP contribution in [0, 0.1) is 0 Å². The van der Waals surface area contributed by atoms with Crippen molar-refractivity contribution < 1.29 is 22.7 Å². The number of ether oxygens (including phenoxy) is 1. The highest BCUT2D eigenvalue weighted by Crippen LogP contribution is 2.31. The molecule has 3 aromatic carbocycles. The summed E-state index contributed by atoms with van der Waals surface area (Å²) < 4.78 is 44.1. The summed E-state index contributed by atoms with van der Waals surface area (Å²) in [6.07, 6.45) is -3.54. The fourth-order valence-electron chi connectivity index (χ4n) is 2.60. The Balaban J connectivity index is 1.53.